The lowest BCUT2D eigenvalue weighted by molar-refractivity contribution is -0.139. The quantitative estimate of drug-likeness (QED) is 0.720. The molecular weight excluding hydrogens is 268 g/mol. The van der Waals surface area contributed by atoms with Crippen molar-refractivity contribution in [2.75, 3.05) is 6.54 Å². The summed E-state index contributed by atoms with van der Waals surface area (Å²) in [6.07, 6.45) is 3.59. The fourth-order valence-electron chi connectivity index (χ4n) is 2.36. The third-order valence-electron chi connectivity index (χ3n) is 4.22. The van der Waals surface area contributed by atoms with Gasteiger partial charge in [-0.2, -0.15) is 0 Å². The average Bonchev–Trinajstić information content (AvgIpc) is 3.26. The van der Waals surface area contributed by atoms with Crippen LogP contribution >= 0.6 is 0 Å². The number of amides is 2. The molecule has 1 aromatic carbocycles. The molecule has 114 valence electrons. The number of carboxylic acid groups (broad SMARTS) is 1. The fourth-order valence-corrected chi connectivity index (χ4v) is 2.36. The van der Waals surface area contributed by atoms with Crippen LogP contribution in [0.2, 0.25) is 0 Å². The van der Waals surface area contributed by atoms with Crippen LogP contribution in [0.3, 0.4) is 0 Å². The highest BCUT2D eigenvalue weighted by molar-refractivity contribution is 5.82. The molecule has 21 heavy (non-hydrogen) atoms. The second-order valence-electron chi connectivity index (χ2n) is 5.76. The van der Waals surface area contributed by atoms with E-state index in [-0.39, 0.29) is 11.8 Å². The van der Waals surface area contributed by atoms with E-state index in [2.05, 4.69) is 17.6 Å². The number of rotatable bonds is 7. The fraction of sp³-hybridized carbons (Fsp3) is 0.500. The summed E-state index contributed by atoms with van der Waals surface area (Å²) < 4.78 is 0. The molecule has 1 saturated carbocycles. The highest BCUT2D eigenvalue weighted by Crippen LogP contribution is 2.47. The third-order valence-corrected chi connectivity index (χ3v) is 4.22. The second-order valence-corrected chi connectivity index (χ2v) is 5.76. The van der Waals surface area contributed by atoms with Crippen LogP contribution in [0.25, 0.3) is 0 Å². The van der Waals surface area contributed by atoms with E-state index in [0.717, 1.165) is 24.8 Å². The second kappa shape index (κ2) is 6.61. The van der Waals surface area contributed by atoms with E-state index >= 15 is 0 Å². The van der Waals surface area contributed by atoms with Crippen LogP contribution in [0, 0.1) is 5.41 Å². The molecule has 0 radical (unpaired) electrons. The molecule has 0 spiro atoms. The van der Waals surface area contributed by atoms with Crippen LogP contribution in [0.5, 0.6) is 0 Å². The number of benzene rings is 1. The normalized spacial score (nSPS) is 16.8. The van der Waals surface area contributed by atoms with E-state index in [9.17, 15) is 14.7 Å². The molecule has 2 rings (SSSR count). The van der Waals surface area contributed by atoms with E-state index in [1.165, 1.54) is 0 Å². The maximum atomic E-state index is 11.9. The Kier molecular flexibility index (Phi) is 4.83. The lowest BCUT2D eigenvalue weighted by Gasteiger charge is -2.17. The van der Waals surface area contributed by atoms with Crippen LogP contribution in [0.15, 0.2) is 30.3 Å². The Morgan fingerprint density at radius 3 is 2.48 bits per heavy atom. The Morgan fingerprint density at radius 2 is 1.95 bits per heavy atom. The molecule has 0 saturated heterocycles. The Balaban J connectivity index is 1.84. The predicted octanol–water partition coefficient (Wildman–Crippen LogP) is 2.17. The SMILES string of the molecule is CCC1(CNC(=O)N[C@@H](Cc2ccccc2)C(=O)O)CC1. The molecule has 1 fully saturated rings. The van der Waals surface area contributed by atoms with E-state index in [1.54, 1.807) is 0 Å². The molecule has 0 unspecified atom stereocenters. The van der Waals surface area contributed by atoms with Crippen molar-refractivity contribution in [2.45, 2.75) is 38.6 Å². The van der Waals surface area contributed by atoms with Gasteiger partial charge in [-0.1, -0.05) is 37.3 Å². The van der Waals surface area contributed by atoms with Crippen molar-refractivity contribution in [3.63, 3.8) is 0 Å². The highest BCUT2D eigenvalue weighted by atomic mass is 16.4. The minimum atomic E-state index is -1.02. The minimum absolute atomic E-state index is 0.246. The maximum absolute atomic E-state index is 11.9. The van der Waals surface area contributed by atoms with Crippen molar-refractivity contribution in [3.8, 4) is 0 Å². The molecule has 1 aromatic rings. The van der Waals surface area contributed by atoms with Crippen molar-refractivity contribution in [1.82, 2.24) is 10.6 Å². The van der Waals surface area contributed by atoms with Gasteiger partial charge < -0.3 is 15.7 Å². The Labute approximate surface area is 124 Å². The first kappa shape index (κ1) is 15.4. The first-order valence-electron chi connectivity index (χ1n) is 7.36. The van der Waals surface area contributed by atoms with Crippen molar-refractivity contribution in [3.05, 3.63) is 35.9 Å². The average molecular weight is 290 g/mol. The van der Waals surface area contributed by atoms with Crippen LogP contribution < -0.4 is 10.6 Å². The number of nitrogens with one attached hydrogen (secondary N) is 2. The van der Waals surface area contributed by atoms with E-state index in [4.69, 9.17) is 0 Å². The number of carbonyl (C=O) groups is 2. The summed E-state index contributed by atoms with van der Waals surface area (Å²) in [6.45, 7) is 2.73. The molecule has 3 N–H and O–H groups in total. The Hall–Kier alpha value is -2.04. The van der Waals surface area contributed by atoms with Crippen molar-refractivity contribution in [2.24, 2.45) is 5.41 Å². The van der Waals surface area contributed by atoms with Gasteiger partial charge in [-0.3, -0.25) is 0 Å². The molecule has 2 amide bonds. The summed E-state index contributed by atoms with van der Waals surface area (Å²) in [5.74, 6) is -1.02. The largest absolute Gasteiger partial charge is 0.480 e. The minimum Gasteiger partial charge on any atom is -0.480 e. The molecule has 1 atom stereocenters. The van der Waals surface area contributed by atoms with Gasteiger partial charge in [0, 0.05) is 13.0 Å². The lowest BCUT2D eigenvalue weighted by atomic mass is 10.0. The molecular formula is C16H22N2O3. The first-order valence-corrected chi connectivity index (χ1v) is 7.36. The Bertz CT molecular complexity index is 498. The lowest BCUT2D eigenvalue weighted by Crippen LogP contribution is -2.48. The number of aliphatic carboxylic acids is 1. The van der Waals surface area contributed by atoms with E-state index in [1.807, 2.05) is 30.3 Å². The summed E-state index contributed by atoms with van der Waals surface area (Å²) in [7, 11) is 0. The van der Waals surface area contributed by atoms with Crippen molar-refractivity contribution >= 4 is 12.0 Å². The summed E-state index contributed by atoms with van der Waals surface area (Å²) in [5, 5.41) is 14.6. The molecule has 0 heterocycles. The van der Waals surface area contributed by atoms with E-state index in [0.29, 0.717) is 6.54 Å². The highest BCUT2D eigenvalue weighted by Gasteiger charge is 2.40. The van der Waals surface area contributed by atoms with Crippen LogP contribution in [0.1, 0.15) is 31.7 Å². The third kappa shape index (κ3) is 4.48. The summed E-state index contributed by atoms with van der Waals surface area (Å²) >= 11 is 0. The van der Waals surface area contributed by atoms with Crippen molar-refractivity contribution in [1.29, 1.82) is 0 Å². The van der Waals surface area contributed by atoms with Gasteiger partial charge in [0.1, 0.15) is 6.04 Å². The molecule has 1 aliphatic rings. The topological polar surface area (TPSA) is 78.4 Å². The van der Waals surface area contributed by atoms with Gasteiger partial charge >= 0.3 is 12.0 Å². The number of hydrogen-bond donors (Lipinski definition) is 3. The molecule has 0 bridgehead atoms. The summed E-state index contributed by atoms with van der Waals surface area (Å²) in [5.41, 5.74) is 1.13. The zero-order chi connectivity index (χ0) is 15.3. The van der Waals surface area contributed by atoms with Gasteiger partial charge in [0.25, 0.3) is 0 Å². The number of carbonyl (C=O) groups excluding carboxylic acids is 1. The van der Waals surface area contributed by atoms with Gasteiger partial charge in [-0.15, -0.1) is 0 Å². The first-order chi connectivity index (χ1) is 10.0. The number of carboxylic acids is 1. The van der Waals surface area contributed by atoms with Crippen molar-refractivity contribution < 1.29 is 14.7 Å². The van der Waals surface area contributed by atoms with E-state index < -0.39 is 18.0 Å². The molecule has 0 aliphatic heterocycles. The predicted molar refractivity (Wildman–Crippen MR) is 80.1 cm³/mol. The zero-order valence-corrected chi connectivity index (χ0v) is 12.3. The number of urea groups is 1. The molecule has 0 aromatic heterocycles. The molecule has 5 heteroatoms. The monoisotopic (exact) mass is 290 g/mol. The zero-order valence-electron chi connectivity index (χ0n) is 12.3. The molecule has 5 nitrogen and oxygen atoms in total. The van der Waals surface area contributed by atoms with Gasteiger partial charge in [0.2, 0.25) is 0 Å². The van der Waals surface area contributed by atoms with Crippen LogP contribution in [-0.4, -0.2) is 29.7 Å². The van der Waals surface area contributed by atoms with Crippen LogP contribution in [-0.2, 0) is 11.2 Å². The van der Waals surface area contributed by atoms with Crippen LogP contribution in [0.4, 0.5) is 4.79 Å². The standard InChI is InChI=1S/C16H22N2O3/c1-2-16(8-9-16)11-17-15(21)18-13(14(19)20)10-12-6-4-3-5-7-12/h3-7,13H,2,8-11H2,1H3,(H,19,20)(H2,17,18,21)/t13-/m0/s1. The summed E-state index contributed by atoms with van der Waals surface area (Å²) in [4.78, 5) is 23.1. The van der Waals surface area contributed by atoms with Gasteiger partial charge in [0.15, 0.2) is 0 Å². The Morgan fingerprint density at radius 1 is 1.29 bits per heavy atom. The number of hydrogen-bond acceptors (Lipinski definition) is 2. The molecule has 1 aliphatic carbocycles. The van der Waals surface area contributed by atoms with Gasteiger partial charge in [-0.25, -0.2) is 9.59 Å². The van der Waals surface area contributed by atoms with Gasteiger partial charge in [0.05, 0.1) is 0 Å². The van der Waals surface area contributed by atoms with Gasteiger partial charge in [-0.05, 0) is 30.2 Å². The maximum Gasteiger partial charge on any atom is 0.326 e. The smallest absolute Gasteiger partial charge is 0.326 e. The summed E-state index contributed by atoms with van der Waals surface area (Å²) in [6, 6.07) is 7.97.